The Morgan fingerprint density at radius 2 is 1.85 bits per heavy atom. The van der Waals surface area contributed by atoms with Crippen molar-refractivity contribution in [3.63, 3.8) is 0 Å². The second-order valence-electron chi connectivity index (χ2n) is 4.72. The highest BCUT2D eigenvalue weighted by molar-refractivity contribution is 7.90. The molecule has 1 aliphatic rings. The third-order valence-electron chi connectivity index (χ3n) is 3.25. The minimum Gasteiger partial charge on any atom is -0.270 e. The summed E-state index contributed by atoms with van der Waals surface area (Å²) in [6.07, 6.45) is 3.70. The Hall–Kier alpha value is -1.65. The fourth-order valence-corrected chi connectivity index (χ4v) is 3.51. The van der Waals surface area contributed by atoms with Crippen LogP contribution in [0.4, 0.5) is 10.1 Å². The summed E-state index contributed by atoms with van der Waals surface area (Å²) in [7, 11) is -3.70. The van der Waals surface area contributed by atoms with Crippen molar-refractivity contribution in [2.24, 2.45) is 0 Å². The minimum atomic E-state index is -3.70. The Kier molecular flexibility index (Phi) is 4.57. The Labute approximate surface area is 118 Å². The molecule has 1 aromatic rings. The van der Waals surface area contributed by atoms with Crippen LogP contribution in [0.1, 0.15) is 31.2 Å². The lowest BCUT2D eigenvalue weighted by molar-refractivity contribution is 0.427. The predicted octanol–water partition coefficient (Wildman–Crippen LogP) is 2.23. The topological polar surface area (TPSA) is 73.2 Å². The molecule has 1 N–H and O–H groups in total. The Bertz CT molecular complexity index is 617. The summed E-state index contributed by atoms with van der Waals surface area (Å²) >= 11 is 0. The Morgan fingerprint density at radius 1 is 1.20 bits per heavy atom. The minimum absolute atomic E-state index is 0.0246. The molecule has 0 unspecified atom stereocenters. The van der Waals surface area contributed by atoms with Gasteiger partial charge in [0.25, 0.3) is 0 Å². The smallest absolute Gasteiger partial charge is 0.270 e. The second-order valence-corrected chi connectivity index (χ2v) is 6.39. The van der Waals surface area contributed by atoms with Crippen molar-refractivity contribution in [1.29, 1.82) is 5.26 Å². The summed E-state index contributed by atoms with van der Waals surface area (Å²) < 4.78 is 41.3. The first-order valence-corrected chi connectivity index (χ1v) is 7.94. The van der Waals surface area contributed by atoms with Gasteiger partial charge in [-0.05, 0) is 31.0 Å². The molecule has 0 radical (unpaired) electrons. The highest BCUT2D eigenvalue weighted by Gasteiger charge is 2.23. The van der Waals surface area contributed by atoms with Crippen LogP contribution in [0.3, 0.4) is 0 Å². The van der Waals surface area contributed by atoms with Gasteiger partial charge in [0.1, 0.15) is 11.9 Å². The quantitative estimate of drug-likeness (QED) is 0.929. The average Bonchev–Trinajstić information content (AvgIpc) is 2.70. The number of rotatable bonds is 3. The molecule has 108 valence electrons. The molecule has 20 heavy (non-hydrogen) atoms. The van der Waals surface area contributed by atoms with Gasteiger partial charge in [-0.2, -0.15) is 18.0 Å². The van der Waals surface area contributed by atoms with E-state index in [2.05, 4.69) is 4.72 Å². The molecule has 7 heteroatoms. The van der Waals surface area contributed by atoms with Crippen LogP contribution in [0.25, 0.3) is 0 Å². The molecule has 1 saturated heterocycles. The van der Waals surface area contributed by atoms with Crippen LogP contribution in [0.5, 0.6) is 0 Å². The van der Waals surface area contributed by atoms with Gasteiger partial charge in [0.15, 0.2) is 0 Å². The Balaban J connectivity index is 2.21. The van der Waals surface area contributed by atoms with Crippen molar-refractivity contribution in [2.45, 2.75) is 25.7 Å². The van der Waals surface area contributed by atoms with E-state index < -0.39 is 16.0 Å². The zero-order valence-electron chi connectivity index (χ0n) is 11.0. The lowest BCUT2D eigenvalue weighted by Crippen LogP contribution is -2.36. The lowest BCUT2D eigenvalue weighted by atomic mass is 10.2. The van der Waals surface area contributed by atoms with Gasteiger partial charge in [-0.25, -0.2) is 4.39 Å². The Morgan fingerprint density at radius 3 is 2.45 bits per heavy atom. The van der Waals surface area contributed by atoms with E-state index in [1.807, 2.05) is 0 Å². The number of halogens is 1. The van der Waals surface area contributed by atoms with E-state index in [9.17, 15) is 12.8 Å². The fourth-order valence-electron chi connectivity index (χ4n) is 2.18. The van der Waals surface area contributed by atoms with Crippen molar-refractivity contribution in [2.75, 3.05) is 17.8 Å². The van der Waals surface area contributed by atoms with E-state index in [0.717, 1.165) is 37.8 Å². The van der Waals surface area contributed by atoms with E-state index in [4.69, 9.17) is 5.26 Å². The summed E-state index contributed by atoms with van der Waals surface area (Å²) in [5, 5.41) is 8.93. The van der Waals surface area contributed by atoms with Gasteiger partial charge in [-0.1, -0.05) is 12.8 Å². The molecule has 0 aliphatic carbocycles. The number of nitrogens with zero attached hydrogens (tertiary/aromatic N) is 2. The standard InChI is InChI=1S/C13H16FN3O2S/c14-12-5-6-13(11(9-12)10-15)16-20(18,19)17-7-3-1-2-4-8-17/h5-6,9,16H,1-4,7-8H2. The van der Waals surface area contributed by atoms with E-state index in [1.54, 1.807) is 6.07 Å². The maximum atomic E-state index is 13.0. The van der Waals surface area contributed by atoms with Crippen LogP contribution in [0.2, 0.25) is 0 Å². The van der Waals surface area contributed by atoms with Gasteiger partial charge in [-0.15, -0.1) is 0 Å². The summed E-state index contributed by atoms with van der Waals surface area (Å²) in [6, 6.07) is 5.20. The van der Waals surface area contributed by atoms with Crippen LogP contribution in [0, 0.1) is 17.1 Å². The fraction of sp³-hybridized carbons (Fsp3) is 0.462. The number of hydrogen-bond acceptors (Lipinski definition) is 3. The third-order valence-corrected chi connectivity index (χ3v) is 4.77. The first-order valence-electron chi connectivity index (χ1n) is 6.50. The number of benzene rings is 1. The van der Waals surface area contributed by atoms with Gasteiger partial charge in [0.05, 0.1) is 11.3 Å². The van der Waals surface area contributed by atoms with Gasteiger partial charge in [-0.3, -0.25) is 4.72 Å². The maximum Gasteiger partial charge on any atom is 0.301 e. The molecular weight excluding hydrogens is 281 g/mol. The van der Waals surface area contributed by atoms with Crippen molar-refractivity contribution in [3.8, 4) is 6.07 Å². The molecule has 0 aromatic heterocycles. The van der Waals surface area contributed by atoms with Crippen molar-refractivity contribution < 1.29 is 12.8 Å². The third kappa shape index (κ3) is 3.46. The van der Waals surface area contributed by atoms with Gasteiger partial charge >= 0.3 is 10.2 Å². The SMILES string of the molecule is N#Cc1cc(F)ccc1NS(=O)(=O)N1CCCCCC1. The molecule has 1 aliphatic heterocycles. The van der Waals surface area contributed by atoms with Crippen LogP contribution >= 0.6 is 0 Å². The highest BCUT2D eigenvalue weighted by atomic mass is 32.2. The molecule has 0 bridgehead atoms. The zero-order chi connectivity index (χ0) is 14.6. The number of nitriles is 1. The molecule has 0 atom stereocenters. The molecule has 0 saturated carbocycles. The molecule has 1 aromatic carbocycles. The summed E-state index contributed by atoms with van der Waals surface area (Å²) in [5.41, 5.74) is 0.0848. The zero-order valence-corrected chi connectivity index (χ0v) is 11.8. The van der Waals surface area contributed by atoms with E-state index in [-0.39, 0.29) is 11.3 Å². The van der Waals surface area contributed by atoms with E-state index >= 15 is 0 Å². The first kappa shape index (κ1) is 14.8. The summed E-state index contributed by atoms with van der Waals surface area (Å²) in [4.78, 5) is 0. The number of nitrogens with one attached hydrogen (secondary N) is 1. The van der Waals surface area contributed by atoms with Gasteiger partial charge in [0.2, 0.25) is 0 Å². The molecule has 1 fully saturated rings. The average molecular weight is 297 g/mol. The summed E-state index contributed by atoms with van der Waals surface area (Å²) in [6.45, 7) is 0.941. The lowest BCUT2D eigenvalue weighted by Gasteiger charge is -2.21. The van der Waals surface area contributed by atoms with Crippen LogP contribution in [-0.2, 0) is 10.2 Å². The molecule has 5 nitrogen and oxygen atoms in total. The summed E-state index contributed by atoms with van der Waals surface area (Å²) in [5.74, 6) is -0.570. The molecule has 0 spiro atoms. The molecule has 1 heterocycles. The molecule has 2 rings (SSSR count). The van der Waals surface area contributed by atoms with Crippen LogP contribution in [0.15, 0.2) is 18.2 Å². The first-order chi connectivity index (χ1) is 9.53. The van der Waals surface area contributed by atoms with Crippen LogP contribution in [-0.4, -0.2) is 25.8 Å². The second kappa shape index (κ2) is 6.20. The van der Waals surface area contributed by atoms with Gasteiger partial charge in [0, 0.05) is 13.1 Å². The van der Waals surface area contributed by atoms with Crippen molar-refractivity contribution >= 4 is 15.9 Å². The molecule has 0 amide bonds. The number of anilines is 1. The predicted molar refractivity (Wildman–Crippen MR) is 73.7 cm³/mol. The van der Waals surface area contributed by atoms with E-state index in [1.165, 1.54) is 10.4 Å². The largest absolute Gasteiger partial charge is 0.301 e. The number of hydrogen-bond donors (Lipinski definition) is 1. The van der Waals surface area contributed by atoms with Crippen molar-refractivity contribution in [1.82, 2.24) is 4.31 Å². The monoisotopic (exact) mass is 297 g/mol. The molecular formula is C13H16FN3O2S. The maximum absolute atomic E-state index is 13.0. The normalized spacial score (nSPS) is 17.2. The highest BCUT2D eigenvalue weighted by Crippen LogP contribution is 2.20. The van der Waals surface area contributed by atoms with Crippen LogP contribution < -0.4 is 4.72 Å². The van der Waals surface area contributed by atoms with Gasteiger partial charge < -0.3 is 0 Å². The van der Waals surface area contributed by atoms with E-state index in [0.29, 0.717) is 13.1 Å². The van der Waals surface area contributed by atoms with Crippen molar-refractivity contribution in [3.05, 3.63) is 29.6 Å².